The summed E-state index contributed by atoms with van der Waals surface area (Å²) in [5.41, 5.74) is 5.02. The normalized spacial score (nSPS) is 19.3. The van der Waals surface area contributed by atoms with Crippen LogP contribution in [0.25, 0.3) is 0 Å². The van der Waals surface area contributed by atoms with Crippen LogP contribution in [-0.4, -0.2) is 207 Å². The highest BCUT2D eigenvalue weighted by atomic mass is 32.2. The predicted molar refractivity (Wildman–Crippen MR) is 317 cm³/mol. The molecule has 0 aromatic heterocycles. The van der Waals surface area contributed by atoms with E-state index < -0.39 is 20.0 Å². The van der Waals surface area contributed by atoms with E-state index >= 15 is 0 Å². The SMILES string of the molecule is CN(CC(=O)NCCOCCOCCOCCNS(=O)(=O)c1ccc(O[C@H]2c3ccccc3C[C@@H]2N2CCCCC2)cc1)CC(=O)NCCOCCOCCOCCNS(=O)(=O)c1ccc(O[C@H]2c3ccccc3C[C@@H]2N2CCCCC2)cc1. The van der Waals surface area contributed by atoms with Gasteiger partial charge >= 0.3 is 0 Å². The number of likely N-dealkylation sites (tertiary alicyclic amines) is 2. The molecule has 0 saturated carbocycles. The van der Waals surface area contributed by atoms with Crippen molar-refractivity contribution in [3.63, 3.8) is 0 Å². The fourth-order valence-corrected chi connectivity index (χ4v) is 13.1. The molecule has 0 bridgehead atoms. The van der Waals surface area contributed by atoms with Crippen LogP contribution >= 0.6 is 0 Å². The van der Waals surface area contributed by atoms with E-state index in [4.69, 9.17) is 37.9 Å². The molecule has 4 aromatic carbocycles. The van der Waals surface area contributed by atoms with Crippen LogP contribution in [0.3, 0.4) is 0 Å². The van der Waals surface area contributed by atoms with Crippen molar-refractivity contribution in [3.05, 3.63) is 119 Å². The molecule has 4 N–H and O–H groups in total. The number of likely N-dealkylation sites (N-methyl/N-ethyl adjacent to an activating group) is 1. The first-order valence-corrected chi connectivity index (χ1v) is 32.7. The van der Waals surface area contributed by atoms with Crippen LogP contribution < -0.4 is 29.6 Å². The number of nitrogens with zero attached hydrogens (tertiary/aromatic N) is 3. The molecule has 2 amide bonds. The molecule has 8 rings (SSSR count). The summed E-state index contributed by atoms with van der Waals surface area (Å²) in [7, 11) is -5.80. The van der Waals surface area contributed by atoms with Gasteiger partial charge in [0.05, 0.1) is 114 Å². The lowest BCUT2D eigenvalue weighted by Gasteiger charge is -2.35. The summed E-state index contributed by atoms with van der Waals surface area (Å²) in [5.74, 6) is 0.789. The average Bonchev–Trinajstić information content (AvgIpc) is 2.48. The molecular formula is C61H87N7O14S2. The number of piperidine rings is 2. The van der Waals surface area contributed by atoms with E-state index in [1.807, 2.05) is 12.1 Å². The molecule has 462 valence electrons. The third-order valence-electron chi connectivity index (χ3n) is 15.3. The van der Waals surface area contributed by atoms with Gasteiger partial charge in [-0.05, 0) is 143 Å². The second-order valence-corrected chi connectivity index (χ2v) is 25.0. The number of amides is 2. The number of carbonyl (C=O) groups is 2. The molecule has 2 fully saturated rings. The number of benzene rings is 4. The Morgan fingerprint density at radius 2 is 0.786 bits per heavy atom. The third kappa shape index (κ3) is 20.5. The van der Waals surface area contributed by atoms with E-state index in [0.29, 0.717) is 64.2 Å². The van der Waals surface area contributed by atoms with Crippen LogP contribution in [0, 0.1) is 0 Å². The maximum atomic E-state index is 13.0. The number of nitrogens with one attached hydrogen (secondary N) is 4. The quantitative estimate of drug-likeness (QED) is 0.0459. The van der Waals surface area contributed by atoms with Crippen molar-refractivity contribution < 1.29 is 64.3 Å². The van der Waals surface area contributed by atoms with Gasteiger partial charge in [-0.25, -0.2) is 26.3 Å². The minimum Gasteiger partial charge on any atom is -0.484 e. The van der Waals surface area contributed by atoms with Gasteiger partial charge < -0.3 is 48.5 Å². The molecule has 2 saturated heterocycles. The zero-order valence-electron chi connectivity index (χ0n) is 48.6. The summed E-state index contributed by atoms with van der Waals surface area (Å²) in [4.78, 5) is 31.7. The Kier molecular flexibility index (Phi) is 26.5. The van der Waals surface area contributed by atoms with Crippen LogP contribution in [0.2, 0.25) is 0 Å². The van der Waals surface area contributed by atoms with Crippen molar-refractivity contribution in [1.29, 1.82) is 0 Å². The molecule has 2 aliphatic carbocycles. The molecule has 0 spiro atoms. The molecule has 23 heteroatoms. The Balaban J connectivity index is 0.557. The minimum absolute atomic E-state index is 0.0325. The molecule has 2 heterocycles. The van der Waals surface area contributed by atoms with Gasteiger partial charge in [0.15, 0.2) is 0 Å². The van der Waals surface area contributed by atoms with Crippen LogP contribution in [0.1, 0.15) is 73.0 Å². The first-order chi connectivity index (χ1) is 40.9. The molecule has 84 heavy (non-hydrogen) atoms. The first kappa shape index (κ1) is 64.9. The average molecular weight is 1210 g/mol. The first-order valence-electron chi connectivity index (χ1n) is 29.8. The molecule has 0 unspecified atom stereocenters. The van der Waals surface area contributed by atoms with Gasteiger partial charge in [0.25, 0.3) is 0 Å². The van der Waals surface area contributed by atoms with Crippen molar-refractivity contribution in [2.75, 3.05) is 152 Å². The lowest BCUT2D eigenvalue weighted by Crippen LogP contribution is -2.43. The van der Waals surface area contributed by atoms with Crippen molar-refractivity contribution in [3.8, 4) is 11.5 Å². The second kappa shape index (κ2) is 34.3. The van der Waals surface area contributed by atoms with E-state index in [1.165, 1.54) is 60.8 Å². The largest absolute Gasteiger partial charge is 0.484 e. The fourth-order valence-electron chi connectivity index (χ4n) is 11.1. The Hall–Kier alpha value is -5.12. The van der Waals surface area contributed by atoms with Crippen LogP contribution in [0.5, 0.6) is 11.5 Å². The summed E-state index contributed by atoms with van der Waals surface area (Å²) in [6.07, 6.45) is 9.00. The van der Waals surface area contributed by atoms with E-state index in [9.17, 15) is 26.4 Å². The maximum absolute atomic E-state index is 13.0. The number of hydrogen-bond donors (Lipinski definition) is 4. The lowest BCUT2D eigenvalue weighted by molar-refractivity contribution is -0.124. The molecule has 4 aromatic rings. The molecule has 4 aliphatic rings. The molecule has 0 radical (unpaired) electrons. The molecular weight excluding hydrogens is 1120 g/mol. The number of rotatable bonds is 38. The van der Waals surface area contributed by atoms with E-state index in [0.717, 1.165) is 39.0 Å². The zero-order valence-corrected chi connectivity index (χ0v) is 50.3. The number of hydrogen-bond acceptors (Lipinski definition) is 17. The van der Waals surface area contributed by atoms with E-state index in [-0.39, 0.29) is 112 Å². The van der Waals surface area contributed by atoms with Crippen LogP contribution in [-0.2, 0) is 70.9 Å². The fraction of sp³-hybridized carbons (Fsp3) is 0.574. The summed E-state index contributed by atoms with van der Waals surface area (Å²) >= 11 is 0. The Morgan fingerprint density at radius 3 is 1.15 bits per heavy atom. The Morgan fingerprint density at radius 1 is 0.452 bits per heavy atom. The van der Waals surface area contributed by atoms with Gasteiger partial charge in [0.1, 0.15) is 23.7 Å². The summed E-state index contributed by atoms with van der Waals surface area (Å²) < 4.78 is 103. The van der Waals surface area contributed by atoms with Crippen LogP contribution in [0.15, 0.2) is 107 Å². The predicted octanol–water partition coefficient (Wildman–Crippen LogP) is 4.27. The molecule has 4 atom stereocenters. The topological polar surface area (TPSA) is 234 Å². The van der Waals surface area contributed by atoms with E-state index in [2.05, 4.69) is 66.3 Å². The number of carbonyl (C=O) groups excluding carboxylic acids is 2. The van der Waals surface area contributed by atoms with Gasteiger partial charge in [-0.1, -0.05) is 61.4 Å². The van der Waals surface area contributed by atoms with Gasteiger partial charge in [-0.3, -0.25) is 24.3 Å². The number of sulfonamides is 2. The van der Waals surface area contributed by atoms with Crippen molar-refractivity contribution in [2.24, 2.45) is 0 Å². The highest BCUT2D eigenvalue weighted by Crippen LogP contribution is 2.40. The van der Waals surface area contributed by atoms with E-state index in [1.54, 1.807) is 60.5 Å². The van der Waals surface area contributed by atoms with Crippen molar-refractivity contribution >= 4 is 31.9 Å². The maximum Gasteiger partial charge on any atom is 0.240 e. The summed E-state index contributed by atoms with van der Waals surface area (Å²) in [6, 6.07) is 30.6. The monoisotopic (exact) mass is 1210 g/mol. The Bertz CT molecular complexity index is 2650. The second-order valence-electron chi connectivity index (χ2n) is 21.5. The third-order valence-corrected chi connectivity index (χ3v) is 18.3. The van der Waals surface area contributed by atoms with Crippen molar-refractivity contribution in [2.45, 2.75) is 85.4 Å². The van der Waals surface area contributed by atoms with Gasteiger partial charge in [0, 0.05) is 26.2 Å². The number of ether oxygens (including phenoxy) is 8. The smallest absolute Gasteiger partial charge is 0.240 e. The zero-order chi connectivity index (χ0) is 58.8. The van der Waals surface area contributed by atoms with Crippen LogP contribution in [0.4, 0.5) is 0 Å². The minimum atomic E-state index is -3.74. The summed E-state index contributed by atoms with van der Waals surface area (Å²) in [5, 5.41) is 5.54. The highest BCUT2D eigenvalue weighted by molar-refractivity contribution is 7.89. The number of fused-ring (bicyclic) bond motifs is 2. The molecule has 2 aliphatic heterocycles. The summed E-state index contributed by atoms with van der Waals surface area (Å²) in [6.45, 7) is 8.55. The van der Waals surface area contributed by atoms with Crippen molar-refractivity contribution in [1.82, 2.24) is 34.8 Å². The molecule has 21 nitrogen and oxygen atoms in total. The van der Waals surface area contributed by atoms with Gasteiger partial charge in [-0.2, -0.15) is 0 Å². The lowest BCUT2D eigenvalue weighted by atomic mass is 10.0. The van der Waals surface area contributed by atoms with Gasteiger partial charge in [0.2, 0.25) is 31.9 Å². The Labute approximate surface area is 496 Å². The standard InChI is InChI=1S/C61H87N7O14S2/c1-66(46-58(69)62-24-32-75-36-40-79-42-38-77-34-26-64-83(71,72)52-20-16-50(17-21-52)81-60-54-14-6-4-12-48(54)44-56(60)67-28-8-2-9-29-67)47-59(70)63-25-33-76-37-41-80-43-39-78-35-27-65-84(73,74)53-22-18-51(19-23-53)82-61-55-15-7-5-13-49(55)45-57(61)68-30-10-3-11-31-68/h4-7,12-23,56-57,60-61,64-65H,2-3,8-11,24-47H2,1H3,(H,62,69)(H,63,70)/t56-,57-,60-,61-/m0/s1. The highest BCUT2D eigenvalue weighted by Gasteiger charge is 2.40. The van der Waals surface area contributed by atoms with Gasteiger partial charge in [-0.15, -0.1) is 0 Å².